The van der Waals surface area contributed by atoms with Crippen molar-refractivity contribution in [1.29, 1.82) is 0 Å². The number of rotatable bonds is 11. The highest BCUT2D eigenvalue weighted by Gasteiger charge is 2.20. The Balaban J connectivity index is 1.77. The molecule has 25 heavy (non-hydrogen) atoms. The van der Waals surface area contributed by atoms with Gasteiger partial charge in [-0.25, -0.2) is 4.99 Å². The zero-order chi connectivity index (χ0) is 17.9. The van der Waals surface area contributed by atoms with E-state index in [2.05, 4.69) is 20.4 Å². The van der Waals surface area contributed by atoms with Crippen LogP contribution in [0.15, 0.2) is 29.3 Å². The minimum Gasteiger partial charge on any atom is -0.434 e. The van der Waals surface area contributed by atoms with Gasteiger partial charge >= 0.3 is 6.61 Å². The molecule has 1 aromatic carbocycles. The summed E-state index contributed by atoms with van der Waals surface area (Å²) in [6, 6.07) is 6.70. The lowest BCUT2D eigenvalue weighted by Gasteiger charge is -2.13. The van der Waals surface area contributed by atoms with Crippen molar-refractivity contribution in [3.63, 3.8) is 0 Å². The lowest BCUT2D eigenvalue weighted by Crippen LogP contribution is -2.38. The van der Waals surface area contributed by atoms with E-state index in [-0.39, 0.29) is 12.3 Å². The van der Waals surface area contributed by atoms with Crippen LogP contribution in [0.25, 0.3) is 0 Å². The number of hydrogen-bond acceptors (Lipinski definition) is 3. The van der Waals surface area contributed by atoms with Crippen molar-refractivity contribution >= 4 is 5.96 Å². The molecule has 7 heteroatoms. The van der Waals surface area contributed by atoms with Gasteiger partial charge in [-0.2, -0.15) is 8.78 Å². The standard InChI is InChI=1S/C18H27F2N3O2/c1-2-21-18(22-10-5-11-24-13-14-8-9-14)23-12-15-6-3-4-7-16(15)25-17(19)20/h3-4,6-7,14,17H,2,5,8-13H2,1H3,(H2,21,22,23). The Morgan fingerprint density at radius 3 is 2.80 bits per heavy atom. The molecule has 0 bridgehead atoms. The molecule has 1 aliphatic rings. The van der Waals surface area contributed by atoms with Crippen LogP contribution in [0.2, 0.25) is 0 Å². The highest BCUT2D eigenvalue weighted by molar-refractivity contribution is 5.79. The second kappa shape index (κ2) is 10.9. The average molecular weight is 355 g/mol. The van der Waals surface area contributed by atoms with E-state index >= 15 is 0 Å². The van der Waals surface area contributed by atoms with Crippen molar-refractivity contribution in [1.82, 2.24) is 10.6 Å². The second-order valence-corrected chi connectivity index (χ2v) is 5.98. The normalized spacial score (nSPS) is 14.6. The number of nitrogens with one attached hydrogen (secondary N) is 2. The molecule has 0 unspecified atom stereocenters. The SMILES string of the molecule is CCNC(=NCc1ccccc1OC(F)F)NCCCOCC1CC1. The van der Waals surface area contributed by atoms with Crippen molar-refractivity contribution in [3.05, 3.63) is 29.8 Å². The summed E-state index contributed by atoms with van der Waals surface area (Å²) in [6.45, 7) is 2.46. The first-order valence-electron chi connectivity index (χ1n) is 8.81. The van der Waals surface area contributed by atoms with Gasteiger partial charge in [0.1, 0.15) is 5.75 Å². The van der Waals surface area contributed by atoms with Crippen LogP contribution in [-0.2, 0) is 11.3 Å². The van der Waals surface area contributed by atoms with Crippen LogP contribution in [0.5, 0.6) is 5.75 Å². The predicted octanol–water partition coefficient (Wildman–Crippen LogP) is 3.16. The van der Waals surface area contributed by atoms with Crippen LogP contribution in [0.4, 0.5) is 8.78 Å². The monoisotopic (exact) mass is 355 g/mol. The van der Waals surface area contributed by atoms with E-state index < -0.39 is 6.61 Å². The third kappa shape index (κ3) is 8.16. The minimum absolute atomic E-state index is 0.158. The molecule has 140 valence electrons. The van der Waals surface area contributed by atoms with Gasteiger partial charge in [0.15, 0.2) is 5.96 Å². The molecule has 5 nitrogen and oxygen atoms in total. The third-order valence-corrected chi connectivity index (χ3v) is 3.75. The van der Waals surface area contributed by atoms with Gasteiger partial charge in [-0.05, 0) is 38.2 Å². The van der Waals surface area contributed by atoms with E-state index in [9.17, 15) is 8.78 Å². The summed E-state index contributed by atoms with van der Waals surface area (Å²) < 4.78 is 35.0. The minimum atomic E-state index is -2.84. The van der Waals surface area contributed by atoms with Gasteiger partial charge < -0.3 is 20.1 Å². The quantitative estimate of drug-likeness (QED) is 0.364. The molecule has 0 spiro atoms. The summed E-state index contributed by atoms with van der Waals surface area (Å²) in [5, 5.41) is 6.37. The maximum Gasteiger partial charge on any atom is 0.387 e. The van der Waals surface area contributed by atoms with E-state index in [1.54, 1.807) is 18.2 Å². The molecule has 0 heterocycles. The van der Waals surface area contributed by atoms with Gasteiger partial charge in [0.2, 0.25) is 0 Å². The van der Waals surface area contributed by atoms with E-state index in [0.29, 0.717) is 11.5 Å². The van der Waals surface area contributed by atoms with Gasteiger partial charge in [-0.3, -0.25) is 0 Å². The number of guanidine groups is 1. The van der Waals surface area contributed by atoms with Crippen molar-refractivity contribution in [3.8, 4) is 5.75 Å². The van der Waals surface area contributed by atoms with Crippen molar-refractivity contribution < 1.29 is 18.3 Å². The zero-order valence-corrected chi connectivity index (χ0v) is 14.6. The molecule has 0 amide bonds. The molecular weight excluding hydrogens is 328 g/mol. The van der Waals surface area contributed by atoms with E-state index in [1.165, 1.54) is 18.9 Å². The van der Waals surface area contributed by atoms with Crippen molar-refractivity contribution in [2.75, 3.05) is 26.3 Å². The molecular formula is C18H27F2N3O2. The maximum atomic E-state index is 12.4. The van der Waals surface area contributed by atoms with E-state index in [1.807, 2.05) is 6.92 Å². The Labute approximate surface area is 147 Å². The first kappa shape index (κ1) is 19.4. The Hall–Kier alpha value is -1.89. The van der Waals surface area contributed by atoms with Gasteiger partial charge in [0.05, 0.1) is 6.54 Å². The molecule has 0 atom stereocenters. The fourth-order valence-electron chi connectivity index (χ4n) is 2.27. The molecule has 0 aliphatic heterocycles. The molecule has 1 aliphatic carbocycles. The van der Waals surface area contributed by atoms with Gasteiger partial charge in [-0.1, -0.05) is 18.2 Å². The summed E-state index contributed by atoms with van der Waals surface area (Å²) in [7, 11) is 0. The third-order valence-electron chi connectivity index (χ3n) is 3.75. The number of hydrogen-bond donors (Lipinski definition) is 2. The Morgan fingerprint density at radius 1 is 1.28 bits per heavy atom. The summed E-state index contributed by atoms with van der Waals surface area (Å²) in [5.41, 5.74) is 0.618. The molecule has 1 saturated carbocycles. The summed E-state index contributed by atoms with van der Waals surface area (Å²) in [4.78, 5) is 4.44. The number of alkyl halides is 2. The summed E-state index contributed by atoms with van der Waals surface area (Å²) in [5.74, 6) is 1.59. The predicted molar refractivity (Wildman–Crippen MR) is 94.1 cm³/mol. The van der Waals surface area contributed by atoms with Crippen LogP contribution >= 0.6 is 0 Å². The molecule has 0 saturated heterocycles. The Morgan fingerprint density at radius 2 is 2.08 bits per heavy atom. The van der Waals surface area contributed by atoms with Gasteiger partial charge in [0, 0.05) is 31.9 Å². The first-order chi connectivity index (χ1) is 12.2. The number of benzene rings is 1. The molecule has 2 N–H and O–H groups in total. The van der Waals surface area contributed by atoms with Crippen LogP contribution in [0.3, 0.4) is 0 Å². The number of para-hydroxylation sites is 1. The highest BCUT2D eigenvalue weighted by atomic mass is 19.3. The Kier molecular flexibility index (Phi) is 8.45. The Bertz CT molecular complexity index is 537. The number of ether oxygens (including phenoxy) is 2. The number of aliphatic imine (C=N–C) groups is 1. The largest absolute Gasteiger partial charge is 0.434 e. The van der Waals surface area contributed by atoms with Crippen molar-refractivity contribution in [2.24, 2.45) is 10.9 Å². The van der Waals surface area contributed by atoms with E-state index in [4.69, 9.17) is 4.74 Å². The zero-order valence-electron chi connectivity index (χ0n) is 14.6. The molecule has 0 radical (unpaired) electrons. The first-order valence-corrected chi connectivity index (χ1v) is 8.81. The maximum absolute atomic E-state index is 12.4. The van der Waals surface area contributed by atoms with Gasteiger partial charge in [-0.15, -0.1) is 0 Å². The summed E-state index contributed by atoms with van der Waals surface area (Å²) in [6.07, 6.45) is 3.49. The number of nitrogens with zero attached hydrogens (tertiary/aromatic N) is 1. The van der Waals surface area contributed by atoms with Crippen molar-refractivity contribution in [2.45, 2.75) is 39.3 Å². The summed E-state index contributed by atoms with van der Waals surface area (Å²) >= 11 is 0. The second-order valence-electron chi connectivity index (χ2n) is 5.98. The smallest absolute Gasteiger partial charge is 0.387 e. The fourth-order valence-corrected chi connectivity index (χ4v) is 2.27. The molecule has 2 rings (SSSR count). The lowest BCUT2D eigenvalue weighted by atomic mass is 10.2. The van der Waals surface area contributed by atoms with E-state index in [0.717, 1.165) is 38.6 Å². The van der Waals surface area contributed by atoms with Crippen LogP contribution < -0.4 is 15.4 Å². The lowest BCUT2D eigenvalue weighted by molar-refractivity contribution is -0.0504. The fraction of sp³-hybridized carbons (Fsp3) is 0.611. The van der Waals surface area contributed by atoms with Crippen LogP contribution in [0, 0.1) is 5.92 Å². The molecule has 1 aromatic rings. The molecule has 0 aromatic heterocycles. The molecule has 1 fully saturated rings. The van der Waals surface area contributed by atoms with Crippen LogP contribution in [0.1, 0.15) is 31.7 Å². The van der Waals surface area contributed by atoms with Gasteiger partial charge in [0.25, 0.3) is 0 Å². The van der Waals surface area contributed by atoms with Crippen LogP contribution in [-0.4, -0.2) is 38.9 Å². The number of halogens is 2. The average Bonchev–Trinajstić information content (AvgIpc) is 3.40. The topological polar surface area (TPSA) is 54.9 Å². The highest BCUT2D eigenvalue weighted by Crippen LogP contribution is 2.28.